The highest BCUT2D eigenvalue weighted by Crippen LogP contribution is 2.30. The van der Waals surface area contributed by atoms with E-state index in [0.717, 1.165) is 18.5 Å². The van der Waals surface area contributed by atoms with Gasteiger partial charge in [0.05, 0.1) is 0 Å². The summed E-state index contributed by atoms with van der Waals surface area (Å²) in [6.07, 6.45) is 0.330. The fourth-order valence-electron chi connectivity index (χ4n) is 3.14. The minimum Gasteiger partial charge on any atom is -0.459 e. The number of ether oxygens (including phenoxy) is 2. The first kappa shape index (κ1) is 23.0. The average Bonchev–Trinajstić information content (AvgIpc) is 2.52. The maximum Gasteiger partial charge on any atom is 0.413 e. The first-order valence-electron chi connectivity index (χ1n) is 9.44. The van der Waals surface area contributed by atoms with Gasteiger partial charge in [0.2, 0.25) is 0 Å². The number of rotatable bonds is 8. The molecule has 0 aliphatic rings. The predicted molar refractivity (Wildman–Crippen MR) is 107 cm³/mol. The number of carbonyl (C=O) groups excluding carboxylic acids is 2. The van der Waals surface area contributed by atoms with Gasteiger partial charge in [-0.15, -0.1) is 0 Å². The molecule has 0 saturated carbocycles. The number of nitrogens with zero attached hydrogens (tertiary/aromatic N) is 1. The quantitative estimate of drug-likeness (QED) is 0.697. The van der Waals surface area contributed by atoms with Gasteiger partial charge in [0.15, 0.2) is 0 Å². The zero-order valence-electron chi connectivity index (χ0n) is 17.7. The molecule has 1 rings (SSSR count). The van der Waals surface area contributed by atoms with Crippen LogP contribution in [0.2, 0.25) is 0 Å². The minimum atomic E-state index is -0.674. The lowest BCUT2D eigenvalue weighted by Crippen LogP contribution is -2.36. The van der Waals surface area contributed by atoms with Gasteiger partial charge in [-0.3, -0.25) is 4.79 Å². The molecule has 6 heteroatoms. The molecule has 0 fully saturated rings. The van der Waals surface area contributed by atoms with Gasteiger partial charge in [-0.2, -0.15) is 0 Å². The second-order valence-electron chi connectivity index (χ2n) is 8.16. The van der Waals surface area contributed by atoms with Gasteiger partial charge in [-0.25, -0.2) is 4.79 Å². The molecule has 0 heterocycles. The fourth-order valence-corrected chi connectivity index (χ4v) is 3.14. The molecule has 6 nitrogen and oxygen atoms in total. The zero-order valence-corrected chi connectivity index (χ0v) is 17.7. The van der Waals surface area contributed by atoms with Gasteiger partial charge in [0.25, 0.3) is 0 Å². The van der Waals surface area contributed by atoms with Crippen molar-refractivity contribution in [2.75, 3.05) is 27.2 Å². The summed E-state index contributed by atoms with van der Waals surface area (Å²) in [4.78, 5) is 25.8. The van der Waals surface area contributed by atoms with E-state index in [1.165, 1.54) is 0 Å². The Morgan fingerprint density at radius 3 is 2.44 bits per heavy atom. The Morgan fingerprint density at radius 1 is 1.22 bits per heavy atom. The minimum absolute atomic E-state index is 0.229. The molecule has 27 heavy (non-hydrogen) atoms. The number of esters is 1. The summed E-state index contributed by atoms with van der Waals surface area (Å²) >= 11 is 0. The first-order chi connectivity index (χ1) is 12.5. The fraction of sp³-hybridized carbons (Fsp3) is 0.619. The largest absolute Gasteiger partial charge is 0.459 e. The van der Waals surface area contributed by atoms with E-state index in [-0.39, 0.29) is 6.54 Å². The number of carbonyl (C=O) groups is 2. The zero-order chi connectivity index (χ0) is 20.6. The summed E-state index contributed by atoms with van der Waals surface area (Å²) in [7, 11) is 4.13. The highest BCUT2D eigenvalue weighted by atomic mass is 16.6. The van der Waals surface area contributed by atoms with E-state index in [9.17, 15) is 9.59 Å². The van der Waals surface area contributed by atoms with Gasteiger partial charge < -0.3 is 19.7 Å². The second-order valence-corrected chi connectivity index (χ2v) is 8.16. The Balaban J connectivity index is 2.67. The monoisotopic (exact) mass is 378 g/mol. The normalized spacial score (nSPS) is 13.8. The van der Waals surface area contributed by atoms with Crippen LogP contribution in [0.1, 0.15) is 52.5 Å². The van der Waals surface area contributed by atoms with Gasteiger partial charge in [0.1, 0.15) is 17.9 Å². The van der Waals surface area contributed by atoms with Gasteiger partial charge >= 0.3 is 12.1 Å². The Kier molecular flexibility index (Phi) is 8.76. The van der Waals surface area contributed by atoms with Crippen molar-refractivity contribution in [3.8, 4) is 5.75 Å². The van der Waals surface area contributed by atoms with E-state index in [1.807, 2.05) is 12.1 Å². The standard InChI is InChI=1S/C21H34N2O4/c1-8-18(15(2)14-23(6)7)16-10-9-11-17(12-16)26-20(25)22-13-19(24)27-21(3,4)5/h9-12,15,18H,8,13-14H2,1-7H3,(H,22,25). The third-order valence-electron chi connectivity index (χ3n) is 4.07. The lowest BCUT2D eigenvalue weighted by molar-refractivity contribution is -0.153. The smallest absolute Gasteiger partial charge is 0.413 e. The van der Waals surface area contributed by atoms with E-state index in [2.05, 4.69) is 44.2 Å². The highest BCUT2D eigenvalue weighted by Gasteiger charge is 2.20. The van der Waals surface area contributed by atoms with Crippen molar-refractivity contribution >= 4 is 12.1 Å². The van der Waals surface area contributed by atoms with Crippen molar-refractivity contribution in [2.45, 2.75) is 52.6 Å². The van der Waals surface area contributed by atoms with Gasteiger partial charge in [0, 0.05) is 6.54 Å². The molecule has 1 N–H and O–H groups in total. The molecular weight excluding hydrogens is 344 g/mol. The predicted octanol–water partition coefficient (Wildman–Crippen LogP) is 3.81. The van der Waals surface area contributed by atoms with E-state index in [1.54, 1.807) is 26.8 Å². The summed E-state index contributed by atoms with van der Waals surface area (Å²) in [5.41, 5.74) is 0.555. The molecule has 0 bridgehead atoms. The van der Waals surface area contributed by atoms with E-state index < -0.39 is 17.7 Å². The molecule has 0 spiro atoms. The van der Waals surface area contributed by atoms with Crippen molar-refractivity contribution in [1.29, 1.82) is 0 Å². The lowest BCUT2D eigenvalue weighted by atomic mass is 9.85. The second kappa shape index (κ2) is 10.3. The number of nitrogens with one attached hydrogen (secondary N) is 1. The number of hydrogen-bond acceptors (Lipinski definition) is 5. The van der Waals surface area contributed by atoms with Crippen LogP contribution in [0.25, 0.3) is 0 Å². The van der Waals surface area contributed by atoms with Crippen LogP contribution in [0.5, 0.6) is 5.75 Å². The molecule has 0 aliphatic heterocycles. The topological polar surface area (TPSA) is 67.9 Å². The van der Waals surface area contributed by atoms with E-state index in [4.69, 9.17) is 9.47 Å². The summed E-state index contributed by atoms with van der Waals surface area (Å²) in [5.74, 6) is 0.809. The number of amides is 1. The van der Waals surface area contributed by atoms with Crippen LogP contribution in [0.4, 0.5) is 4.79 Å². The molecule has 2 unspecified atom stereocenters. The summed E-state index contributed by atoms with van der Waals surface area (Å²) in [5, 5.41) is 2.42. The van der Waals surface area contributed by atoms with Gasteiger partial charge in [-0.1, -0.05) is 26.0 Å². The molecular formula is C21H34N2O4. The van der Waals surface area contributed by atoms with Crippen LogP contribution >= 0.6 is 0 Å². The lowest BCUT2D eigenvalue weighted by Gasteiger charge is -2.26. The Hall–Kier alpha value is -2.08. The SMILES string of the molecule is CCC(c1cccc(OC(=O)NCC(=O)OC(C)(C)C)c1)C(C)CN(C)C. The first-order valence-corrected chi connectivity index (χ1v) is 9.44. The van der Waals surface area contributed by atoms with Crippen LogP contribution < -0.4 is 10.1 Å². The van der Waals surface area contributed by atoms with Crippen molar-refractivity contribution in [1.82, 2.24) is 10.2 Å². The van der Waals surface area contributed by atoms with Crippen LogP contribution in [-0.4, -0.2) is 49.7 Å². The Bertz CT molecular complexity index is 623. The molecule has 2 atom stereocenters. The van der Waals surface area contributed by atoms with Crippen molar-refractivity contribution in [3.05, 3.63) is 29.8 Å². The average molecular weight is 379 g/mol. The highest BCUT2D eigenvalue weighted by molar-refractivity contribution is 5.79. The van der Waals surface area contributed by atoms with Crippen LogP contribution in [-0.2, 0) is 9.53 Å². The third-order valence-corrected chi connectivity index (χ3v) is 4.07. The molecule has 0 radical (unpaired) electrons. The summed E-state index contributed by atoms with van der Waals surface area (Å²) in [6.45, 7) is 10.5. The van der Waals surface area contributed by atoms with E-state index >= 15 is 0 Å². The molecule has 0 saturated heterocycles. The maximum absolute atomic E-state index is 12.0. The molecule has 0 aromatic heterocycles. The van der Waals surface area contributed by atoms with Crippen molar-refractivity contribution in [3.63, 3.8) is 0 Å². The van der Waals surface area contributed by atoms with Gasteiger partial charge in [-0.05, 0) is 70.8 Å². The summed E-state index contributed by atoms with van der Waals surface area (Å²) in [6, 6.07) is 7.58. The van der Waals surface area contributed by atoms with Crippen LogP contribution in [0.15, 0.2) is 24.3 Å². The molecule has 1 aromatic carbocycles. The van der Waals surface area contributed by atoms with Crippen LogP contribution in [0, 0.1) is 5.92 Å². The molecule has 1 amide bonds. The Labute approximate surface area is 163 Å². The third kappa shape index (κ3) is 8.91. The molecule has 0 aliphatic carbocycles. The molecule has 152 valence electrons. The maximum atomic E-state index is 12.0. The Morgan fingerprint density at radius 2 is 1.89 bits per heavy atom. The van der Waals surface area contributed by atoms with E-state index in [0.29, 0.717) is 17.6 Å². The number of benzene rings is 1. The van der Waals surface area contributed by atoms with Crippen molar-refractivity contribution < 1.29 is 19.1 Å². The number of hydrogen-bond donors (Lipinski definition) is 1. The van der Waals surface area contributed by atoms with Crippen LogP contribution in [0.3, 0.4) is 0 Å². The molecule has 1 aromatic rings. The van der Waals surface area contributed by atoms with Crippen molar-refractivity contribution in [2.24, 2.45) is 5.92 Å². The summed E-state index contributed by atoms with van der Waals surface area (Å²) < 4.78 is 10.5.